The Balaban J connectivity index is 1.30. The number of fused-ring (bicyclic) bond motifs is 4. The van der Waals surface area contributed by atoms with Crippen LogP contribution < -0.4 is 14.4 Å². The number of anilines is 1. The van der Waals surface area contributed by atoms with E-state index >= 15 is 0 Å². The van der Waals surface area contributed by atoms with E-state index in [1.165, 1.54) is 11.1 Å². The van der Waals surface area contributed by atoms with Gasteiger partial charge >= 0.3 is 0 Å². The van der Waals surface area contributed by atoms with Gasteiger partial charge in [0.05, 0.1) is 34.0 Å². The Labute approximate surface area is 321 Å². The van der Waals surface area contributed by atoms with Gasteiger partial charge in [0.1, 0.15) is 5.75 Å². The smallest absolute Gasteiger partial charge is 0.262 e. The topological polar surface area (TPSA) is 91.4 Å². The van der Waals surface area contributed by atoms with Gasteiger partial charge in [-0.3, -0.25) is 14.3 Å². The van der Waals surface area contributed by atoms with E-state index in [1.54, 1.807) is 13.2 Å². The summed E-state index contributed by atoms with van der Waals surface area (Å²) in [5.41, 5.74) is 2.74. The summed E-state index contributed by atoms with van der Waals surface area (Å²) in [4.78, 5) is 34.8. The Kier molecular flexibility index (Phi) is 10.7. The van der Waals surface area contributed by atoms with Gasteiger partial charge in [0.2, 0.25) is 5.91 Å². The standard InChI is InChI=1S/C42H57ClN4O5S/c1-28-9-7-18-42(51-5,23-39(48)47-20-19-45(4)24-29(47)2)36-14-11-33(36)25-46-26-41(17-8-10-31-21-34(43)13-15-35(31)41)27-52-38-16-12-32(22-37(38)46)40(49)44-53(6,50)30(28)3/h7,12-13,15-16,18,21-22,28-30,33,36H,6,8-11,14,17,19-20,23-27H2,1-5H3,(H,44,49,50)/b18-7+/t28-,29-,30+,33-,36+,41-,42+,53?/m0/s1. The SMILES string of the molecule is C=S1(=O)NC(=O)c2ccc3c(c2)N(C[C@@H]2CC[C@H]2[C@@](CC(=O)N2CCN(C)C[C@@H]2C)(OC)/C=C/C[C@H](C)[C@H]1C)C[C@@]1(CCCc2cc(Cl)ccc21)CO3. The number of rotatable bonds is 3. The van der Waals surface area contributed by atoms with Crippen molar-refractivity contribution in [1.82, 2.24) is 14.5 Å². The molecular formula is C42H57ClN4O5S. The minimum Gasteiger partial charge on any atom is -0.490 e. The fourth-order valence-electron chi connectivity index (χ4n) is 9.78. The molecule has 9 nitrogen and oxygen atoms in total. The number of allylic oxidation sites excluding steroid dienone is 1. The van der Waals surface area contributed by atoms with E-state index in [0.29, 0.717) is 38.2 Å². The molecule has 8 atom stereocenters. The maximum absolute atomic E-state index is 14.3. The molecule has 5 aliphatic rings. The molecule has 2 amide bonds. The normalized spacial score (nSPS) is 35.6. The Hall–Kier alpha value is -3.05. The third-order valence-corrected chi connectivity index (χ3v) is 15.8. The number of halogens is 1. The lowest BCUT2D eigenvalue weighted by Crippen LogP contribution is -2.57. The number of nitrogens with zero attached hydrogens (tertiary/aromatic N) is 3. The maximum Gasteiger partial charge on any atom is 0.262 e. The van der Waals surface area contributed by atoms with E-state index < -0.39 is 26.5 Å². The molecule has 11 heteroatoms. The van der Waals surface area contributed by atoms with Crippen LogP contribution in [-0.2, 0) is 31.1 Å². The summed E-state index contributed by atoms with van der Waals surface area (Å²) < 4.78 is 30.1. The minimum atomic E-state index is -3.01. The number of piperazine rings is 1. The molecule has 0 radical (unpaired) electrons. The lowest BCUT2D eigenvalue weighted by Gasteiger charge is -2.51. The monoisotopic (exact) mass is 764 g/mol. The van der Waals surface area contributed by atoms with Gasteiger partial charge in [-0.15, -0.1) is 0 Å². The molecule has 3 heterocycles. The first-order chi connectivity index (χ1) is 25.2. The molecule has 1 saturated heterocycles. The van der Waals surface area contributed by atoms with Crippen molar-refractivity contribution in [2.75, 3.05) is 58.4 Å². The molecule has 0 aromatic heterocycles. The molecule has 7 rings (SSSR count). The van der Waals surface area contributed by atoms with Crippen molar-refractivity contribution in [1.29, 1.82) is 0 Å². The fourth-order valence-corrected chi connectivity index (χ4v) is 11.5. The van der Waals surface area contributed by atoms with Gasteiger partial charge in [0.25, 0.3) is 5.91 Å². The zero-order chi connectivity index (χ0) is 37.7. The first-order valence-electron chi connectivity index (χ1n) is 19.4. The van der Waals surface area contributed by atoms with Crippen LogP contribution in [0.5, 0.6) is 5.75 Å². The Bertz CT molecular complexity index is 1870. The van der Waals surface area contributed by atoms with Gasteiger partial charge in [-0.05, 0) is 125 Å². The van der Waals surface area contributed by atoms with Crippen LogP contribution in [0.2, 0.25) is 5.02 Å². The second-order valence-electron chi connectivity index (χ2n) is 16.7. The highest BCUT2D eigenvalue weighted by molar-refractivity contribution is 7.99. The summed E-state index contributed by atoms with van der Waals surface area (Å²) in [5.74, 6) is 4.77. The fraction of sp³-hybridized carbons (Fsp3) is 0.595. The summed E-state index contributed by atoms with van der Waals surface area (Å²) in [7, 11) is 0.852. The average molecular weight is 765 g/mol. The number of amides is 2. The van der Waals surface area contributed by atoms with E-state index in [-0.39, 0.29) is 41.5 Å². The van der Waals surface area contributed by atoms with Gasteiger partial charge in [-0.1, -0.05) is 36.7 Å². The van der Waals surface area contributed by atoms with E-state index in [4.69, 9.17) is 21.1 Å². The number of hydrogen-bond acceptors (Lipinski definition) is 7. The number of carbonyl (C=O) groups excluding carboxylic acids is 2. The molecule has 288 valence electrons. The summed E-state index contributed by atoms with van der Waals surface area (Å²) >= 11 is 6.50. The molecule has 1 unspecified atom stereocenters. The lowest BCUT2D eigenvalue weighted by atomic mass is 9.62. The van der Waals surface area contributed by atoms with Crippen LogP contribution in [0.3, 0.4) is 0 Å². The van der Waals surface area contributed by atoms with E-state index in [0.717, 1.165) is 61.7 Å². The Morgan fingerprint density at radius 2 is 1.94 bits per heavy atom. The van der Waals surface area contributed by atoms with Crippen molar-refractivity contribution in [2.45, 2.75) is 88.0 Å². The number of nitrogens with one attached hydrogen (secondary N) is 1. The molecule has 2 aromatic rings. The number of hydrogen-bond donors (Lipinski definition) is 1. The van der Waals surface area contributed by atoms with Crippen LogP contribution in [0.1, 0.15) is 80.8 Å². The third kappa shape index (κ3) is 7.38. The molecule has 3 aliphatic heterocycles. The molecule has 1 spiro atoms. The van der Waals surface area contributed by atoms with Gasteiger partial charge in [-0.25, -0.2) is 4.21 Å². The highest BCUT2D eigenvalue weighted by Crippen LogP contribution is 2.50. The van der Waals surface area contributed by atoms with Crippen molar-refractivity contribution in [3.8, 4) is 5.75 Å². The summed E-state index contributed by atoms with van der Waals surface area (Å²) in [6.07, 6.45) is 10.1. The zero-order valence-corrected chi connectivity index (χ0v) is 33.6. The lowest BCUT2D eigenvalue weighted by molar-refractivity contribution is -0.146. The predicted octanol–water partition coefficient (Wildman–Crippen LogP) is 6.12. The van der Waals surface area contributed by atoms with Crippen molar-refractivity contribution in [3.05, 3.63) is 70.3 Å². The summed E-state index contributed by atoms with van der Waals surface area (Å²) in [5, 5.41) is 0.345. The van der Waals surface area contributed by atoms with E-state index in [2.05, 4.69) is 58.6 Å². The second kappa shape index (κ2) is 14.9. The third-order valence-electron chi connectivity index (χ3n) is 13.3. The molecule has 1 N–H and O–H groups in total. The van der Waals surface area contributed by atoms with Crippen molar-refractivity contribution in [2.24, 2.45) is 17.8 Å². The summed E-state index contributed by atoms with van der Waals surface area (Å²) in [6, 6.07) is 11.9. The van der Waals surface area contributed by atoms with Crippen molar-refractivity contribution >= 4 is 44.7 Å². The summed E-state index contributed by atoms with van der Waals surface area (Å²) in [6.45, 7) is 10.4. The highest BCUT2D eigenvalue weighted by atomic mass is 35.5. The number of methoxy groups -OCH3 is 1. The quantitative estimate of drug-likeness (QED) is 0.298. The van der Waals surface area contributed by atoms with Gasteiger partial charge in [-0.2, -0.15) is 0 Å². The van der Waals surface area contributed by atoms with Gasteiger partial charge in [0.15, 0.2) is 0 Å². The van der Waals surface area contributed by atoms with Gasteiger partial charge < -0.3 is 24.2 Å². The van der Waals surface area contributed by atoms with E-state index in [9.17, 15) is 13.8 Å². The molecule has 2 bridgehead atoms. The second-order valence-corrected chi connectivity index (χ2v) is 19.6. The molecule has 1 saturated carbocycles. The average Bonchev–Trinajstić information content (AvgIpc) is 3.25. The minimum absolute atomic E-state index is 0.0510. The van der Waals surface area contributed by atoms with Crippen LogP contribution >= 0.6 is 11.6 Å². The van der Waals surface area contributed by atoms with E-state index in [1.807, 2.05) is 36.9 Å². The van der Waals surface area contributed by atoms with Crippen LogP contribution in [0.25, 0.3) is 0 Å². The predicted molar refractivity (Wildman–Crippen MR) is 215 cm³/mol. The van der Waals surface area contributed by atoms with Crippen LogP contribution in [0.4, 0.5) is 5.69 Å². The number of ether oxygens (including phenoxy) is 2. The molecule has 2 aromatic carbocycles. The number of aryl methyl sites for hydroxylation is 1. The van der Waals surface area contributed by atoms with Crippen LogP contribution in [-0.4, -0.2) is 102 Å². The Morgan fingerprint density at radius 3 is 2.68 bits per heavy atom. The number of likely N-dealkylation sites (N-methyl/N-ethyl adjacent to an activating group) is 1. The Morgan fingerprint density at radius 1 is 1.13 bits per heavy atom. The largest absolute Gasteiger partial charge is 0.490 e. The zero-order valence-electron chi connectivity index (χ0n) is 32.1. The molecule has 2 fully saturated rings. The van der Waals surface area contributed by atoms with Gasteiger partial charge in [0, 0.05) is 67.1 Å². The molecule has 2 aliphatic carbocycles. The van der Waals surface area contributed by atoms with Crippen molar-refractivity contribution in [3.63, 3.8) is 0 Å². The maximum atomic E-state index is 14.3. The van der Waals surface area contributed by atoms with Crippen LogP contribution in [0.15, 0.2) is 48.6 Å². The number of carbonyl (C=O) groups is 2. The number of benzene rings is 2. The highest BCUT2D eigenvalue weighted by Gasteiger charge is 2.50. The van der Waals surface area contributed by atoms with Crippen LogP contribution in [0, 0.1) is 17.8 Å². The van der Waals surface area contributed by atoms with Crippen molar-refractivity contribution < 1.29 is 23.3 Å². The first kappa shape index (κ1) is 38.2. The molecular weight excluding hydrogens is 708 g/mol. The molecule has 53 heavy (non-hydrogen) atoms. The first-order valence-corrected chi connectivity index (χ1v) is 21.6.